The highest BCUT2D eigenvalue weighted by Gasteiger charge is 2.56. The van der Waals surface area contributed by atoms with Crippen molar-refractivity contribution in [3.63, 3.8) is 0 Å². The van der Waals surface area contributed by atoms with Gasteiger partial charge in [0.25, 0.3) is 0 Å². The number of methoxy groups -OCH3 is 2. The molecule has 2 fully saturated rings. The highest BCUT2D eigenvalue weighted by molar-refractivity contribution is 6.05. The largest absolute Gasteiger partial charge is 0.496 e. The summed E-state index contributed by atoms with van der Waals surface area (Å²) in [5.41, 5.74) is 2.08. The third kappa shape index (κ3) is 2.99. The zero-order chi connectivity index (χ0) is 21.5. The maximum atomic E-state index is 12.5. The van der Waals surface area contributed by atoms with Gasteiger partial charge in [0.1, 0.15) is 5.75 Å². The molecule has 7 nitrogen and oxygen atoms in total. The molecule has 162 valence electrons. The minimum atomic E-state index is -1.01. The Labute approximate surface area is 177 Å². The van der Waals surface area contributed by atoms with Crippen molar-refractivity contribution in [1.29, 1.82) is 0 Å². The second-order valence-corrected chi connectivity index (χ2v) is 8.28. The number of carbonyl (C=O) groups excluding carboxylic acids is 1. The molecule has 0 radical (unpaired) electrons. The van der Waals surface area contributed by atoms with Crippen molar-refractivity contribution in [3.05, 3.63) is 35.4 Å². The molecule has 3 aliphatic rings. The van der Waals surface area contributed by atoms with Gasteiger partial charge in [0, 0.05) is 25.1 Å². The first-order valence-electron chi connectivity index (χ1n) is 10.6. The molecule has 7 heteroatoms. The Bertz CT molecular complexity index is 896. The summed E-state index contributed by atoms with van der Waals surface area (Å²) < 4.78 is 10.6. The minimum Gasteiger partial charge on any atom is -0.496 e. The van der Waals surface area contributed by atoms with Gasteiger partial charge in [-0.25, -0.2) is 9.68 Å². The van der Waals surface area contributed by atoms with Crippen LogP contribution in [0.2, 0.25) is 0 Å². The van der Waals surface area contributed by atoms with Gasteiger partial charge in [-0.1, -0.05) is 25.5 Å². The molecule has 0 spiro atoms. The average Bonchev–Trinajstić information content (AvgIpc) is 3.14. The van der Waals surface area contributed by atoms with Gasteiger partial charge in [-0.2, -0.15) is 0 Å². The van der Waals surface area contributed by atoms with E-state index < -0.39 is 5.60 Å². The van der Waals surface area contributed by atoms with Crippen molar-refractivity contribution >= 4 is 17.4 Å². The quantitative estimate of drug-likeness (QED) is 0.342. The molecule has 0 aliphatic carbocycles. The molecule has 1 N–H and O–H groups in total. The van der Waals surface area contributed by atoms with Crippen molar-refractivity contribution in [3.8, 4) is 5.75 Å². The van der Waals surface area contributed by atoms with Crippen LogP contribution in [0, 0.1) is 11.8 Å². The summed E-state index contributed by atoms with van der Waals surface area (Å²) in [6.45, 7) is 5.70. The topological polar surface area (TPSA) is 80.6 Å². The van der Waals surface area contributed by atoms with Gasteiger partial charge in [-0.15, -0.1) is 0 Å². The molecule has 0 bridgehead atoms. The van der Waals surface area contributed by atoms with Crippen molar-refractivity contribution in [2.75, 3.05) is 27.3 Å². The zero-order valence-corrected chi connectivity index (χ0v) is 18.1. The van der Waals surface area contributed by atoms with Crippen LogP contribution in [0.15, 0.2) is 34.8 Å². The van der Waals surface area contributed by atoms with E-state index in [0.717, 1.165) is 48.5 Å². The number of hydrogen-bond donors (Lipinski definition) is 1. The van der Waals surface area contributed by atoms with E-state index >= 15 is 0 Å². The summed E-state index contributed by atoms with van der Waals surface area (Å²) in [4.78, 5) is 25.0. The first kappa shape index (κ1) is 21.0. The number of hydrogen-bond acceptors (Lipinski definition) is 7. The molecule has 4 atom stereocenters. The molecule has 4 rings (SSSR count). The predicted octanol–water partition coefficient (Wildman–Crippen LogP) is 3.71. The van der Waals surface area contributed by atoms with Crippen LogP contribution in [0.5, 0.6) is 5.75 Å². The molecule has 0 amide bonds. The third-order valence-corrected chi connectivity index (χ3v) is 7.12. The fourth-order valence-corrected chi connectivity index (χ4v) is 5.64. The number of allylic oxidation sites excluding steroid dienone is 1. The third-order valence-electron chi connectivity index (χ3n) is 7.12. The molecule has 0 aromatic heterocycles. The van der Waals surface area contributed by atoms with Crippen molar-refractivity contribution in [2.45, 2.75) is 44.8 Å². The Morgan fingerprint density at radius 3 is 2.83 bits per heavy atom. The normalized spacial score (nSPS) is 30.8. The maximum absolute atomic E-state index is 12.5. The van der Waals surface area contributed by atoms with E-state index in [2.05, 4.69) is 11.8 Å². The summed E-state index contributed by atoms with van der Waals surface area (Å²) in [7, 11) is 3.04. The Kier molecular flexibility index (Phi) is 5.70. The Hall–Kier alpha value is -2.22. The van der Waals surface area contributed by atoms with E-state index in [4.69, 9.17) is 19.4 Å². The Morgan fingerprint density at radius 1 is 1.40 bits per heavy atom. The van der Waals surface area contributed by atoms with Gasteiger partial charge >= 0.3 is 5.97 Å². The van der Waals surface area contributed by atoms with Gasteiger partial charge in [0.05, 0.1) is 37.2 Å². The first-order valence-corrected chi connectivity index (χ1v) is 10.6. The second-order valence-electron chi connectivity index (χ2n) is 8.28. The van der Waals surface area contributed by atoms with Crippen LogP contribution < -0.4 is 4.74 Å². The van der Waals surface area contributed by atoms with E-state index in [-0.39, 0.29) is 17.9 Å². The number of aliphatic imine (C=N–C) groups is 1. The Balaban J connectivity index is 1.75. The van der Waals surface area contributed by atoms with Crippen LogP contribution in [-0.4, -0.2) is 55.2 Å². The lowest BCUT2D eigenvalue weighted by Gasteiger charge is -2.50. The van der Waals surface area contributed by atoms with Gasteiger partial charge in [-0.3, -0.25) is 15.1 Å². The highest BCUT2D eigenvalue weighted by atomic mass is 17.1. The van der Waals surface area contributed by atoms with Crippen molar-refractivity contribution < 1.29 is 24.4 Å². The smallest absolute Gasteiger partial charge is 0.333 e. The average molecular weight is 415 g/mol. The number of piperidine rings is 2. The van der Waals surface area contributed by atoms with Crippen LogP contribution in [0.25, 0.3) is 0 Å². The molecular formula is C23H30N2O5. The molecule has 30 heavy (non-hydrogen) atoms. The molecule has 3 heterocycles. The summed E-state index contributed by atoms with van der Waals surface area (Å²) in [6, 6.07) is 5.66. The van der Waals surface area contributed by atoms with Crippen molar-refractivity contribution in [2.24, 2.45) is 16.8 Å². The number of nitrogens with zero attached hydrogens (tertiary/aromatic N) is 2. The fraction of sp³-hybridized carbons (Fsp3) is 0.565. The van der Waals surface area contributed by atoms with E-state index in [0.29, 0.717) is 18.1 Å². The second kappa shape index (κ2) is 8.13. The van der Waals surface area contributed by atoms with Crippen LogP contribution >= 0.6 is 0 Å². The molecule has 1 aromatic rings. The molecule has 3 unspecified atom stereocenters. The fourth-order valence-electron chi connectivity index (χ4n) is 5.64. The lowest BCUT2D eigenvalue weighted by atomic mass is 9.70. The van der Waals surface area contributed by atoms with Crippen LogP contribution in [-0.2, 0) is 20.0 Å². The summed E-state index contributed by atoms with van der Waals surface area (Å²) in [5.74, 6) is 0.814. The zero-order valence-electron chi connectivity index (χ0n) is 18.1. The van der Waals surface area contributed by atoms with Crippen LogP contribution in [0.4, 0.5) is 5.69 Å². The number of carbonyl (C=O) groups is 1. The highest BCUT2D eigenvalue weighted by Crippen LogP contribution is 2.53. The predicted molar refractivity (Wildman–Crippen MR) is 113 cm³/mol. The van der Waals surface area contributed by atoms with Crippen LogP contribution in [0.3, 0.4) is 0 Å². The molecule has 0 saturated carbocycles. The first-order chi connectivity index (χ1) is 14.5. The number of ether oxygens (including phenoxy) is 2. The lowest BCUT2D eigenvalue weighted by Crippen LogP contribution is -2.61. The van der Waals surface area contributed by atoms with Gasteiger partial charge in [0.2, 0.25) is 0 Å². The number of benzene rings is 1. The minimum absolute atomic E-state index is 0.0320. The van der Waals surface area contributed by atoms with Gasteiger partial charge in [-0.05, 0) is 37.3 Å². The maximum Gasteiger partial charge on any atom is 0.333 e. The van der Waals surface area contributed by atoms with E-state index in [1.54, 1.807) is 7.11 Å². The molecule has 1 aromatic carbocycles. The summed E-state index contributed by atoms with van der Waals surface area (Å²) in [6.07, 6.45) is 4.18. The van der Waals surface area contributed by atoms with E-state index in [9.17, 15) is 10.1 Å². The lowest BCUT2D eigenvalue weighted by molar-refractivity contribution is -0.311. The van der Waals surface area contributed by atoms with E-state index in [1.165, 1.54) is 7.11 Å². The van der Waals surface area contributed by atoms with E-state index in [1.807, 2.05) is 31.2 Å². The van der Waals surface area contributed by atoms with Crippen molar-refractivity contribution in [1.82, 2.24) is 4.90 Å². The molecular weight excluding hydrogens is 384 g/mol. The number of rotatable bonds is 5. The standard InChI is InChI=1S/C23H30N2O5/c1-5-14-13-25-11-10-23(30-27)20-17(8-7-9-19(20)28-3)24-21(23)18(25)12-16(14)15(6-2)22(26)29-4/h6-9,14,16,18,27H,5,10-13H2,1-4H3/b15-6-/t14?,16?,18?,23-/m0/s1. The molecule has 2 saturated heterocycles. The molecule has 3 aliphatic heterocycles. The number of fused-ring (bicyclic) bond motifs is 5. The van der Waals surface area contributed by atoms with Gasteiger partial charge in [0.15, 0.2) is 5.60 Å². The Morgan fingerprint density at radius 2 is 2.20 bits per heavy atom. The monoisotopic (exact) mass is 414 g/mol. The SMILES string of the molecule is C/C=C(\C(=O)OC)C1CC2C3=Nc4cccc(OC)c4[C@@]3(OO)CCN2CC1CC. The van der Waals surface area contributed by atoms with Gasteiger partial charge < -0.3 is 9.47 Å². The summed E-state index contributed by atoms with van der Waals surface area (Å²) >= 11 is 0. The summed E-state index contributed by atoms with van der Waals surface area (Å²) in [5, 5.41) is 10.1. The van der Waals surface area contributed by atoms with Crippen LogP contribution in [0.1, 0.15) is 38.7 Å². The number of esters is 1.